The largest absolute Gasteiger partial charge is 0.466 e. The maximum atomic E-state index is 13.2. The summed E-state index contributed by atoms with van der Waals surface area (Å²) in [6, 6.07) is 16.2. The number of anilines is 1. The normalized spacial score (nSPS) is 17.5. The van der Waals surface area contributed by atoms with Gasteiger partial charge in [0, 0.05) is 6.54 Å². The molecule has 2 aliphatic rings. The molecule has 9 nitrogen and oxygen atoms in total. The third-order valence-electron chi connectivity index (χ3n) is 5.91. The van der Waals surface area contributed by atoms with E-state index in [0.717, 1.165) is 5.56 Å². The van der Waals surface area contributed by atoms with Crippen LogP contribution < -0.4 is 16.0 Å². The summed E-state index contributed by atoms with van der Waals surface area (Å²) in [5, 5.41) is 12.9. The molecule has 0 saturated carbocycles. The highest BCUT2D eigenvalue weighted by molar-refractivity contribution is 6.06. The van der Waals surface area contributed by atoms with Crippen LogP contribution in [0.2, 0.25) is 0 Å². The van der Waals surface area contributed by atoms with Crippen LogP contribution in [0, 0.1) is 11.3 Å². The second-order valence-corrected chi connectivity index (χ2v) is 7.70. The van der Waals surface area contributed by atoms with Crippen LogP contribution in [0.25, 0.3) is 0 Å². The summed E-state index contributed by atoms with van der Waals surface area (Å²) in [6.07, 6.45) is 0.152. The number of carbonyl (C=O) groups is 3. The number of esters is 2. The number of benzene rings is 2. The molecule has 2 aliphatic heterocycles. The second kappa shape index (κ2) is 9.11. The SMILES string of the molecule is COC(=O)C1=C(C(=O)OC)N(c2cccc3c2CNC(=O)C3)C(N)=C(C#N)C1c1ccccc1. The molecule has 2 heterocycles. The number of amides is 1. The minimum Gasteiger partial charge on any atom is -0.466 e. The number of nitrogens with one attached hydrogen (secondary N) is 1. The van der Waals surface area contributed by atoms with Crippen molar-refractivity contribution in [3.05, 3.63) is 87.9 Å². The molecule has 2 aromatic carbocycles. The molecule has 1 unspecified atom stereocenters. The summed E-state index contributed by atoms with van der Waals surface area (Å²) in [5.74, 6) is -2.71. The van der Waals surface area contributed by atoms with Crippen LogP contribution in [0.1, 0.15) is 22.6 Å². The van der Waals surface area contributed by atoms with Gasteiger partial charge in [-0.2, -0.15) is 5.26 Å². The summed E-state index contributed by atoms with van der Waals surface area (Å²) in [5.41, 5.74) is 8.92. The lowest BCUT2D eigenvalue weighted by Gasteiger charge is -2.37. The minimum absolute atomic E-state index is 0.0188. The number of nitrogens with two attached hydrogens (primary N) is 1. The van der Waals surface area contributed by atoms with Gasteiger partial charge < -0.3 is 20.5 Å². The molecule has 0 saturated heterocycles. The van der Waals surface area contributed by atoms with Gasteiger partial charge in [0.25, 0.3) is 0 Å². The number of fused-ring (bicyclic) bond motifs is 1. The first kappa shape index (κ1) is 22.6. The molecule has 0 fully saturated rings. The summed E-state index contributed by atoms with van der Waals surface area (Å²) in [7, 11) is 2.39. The highest BCUT2D eigenvalue weighted by Crippen LogP contribution is 2.44. The summed E-state index contributed by atoms with van der Waals surface area (Å²) < 4.78 is 10.1. The number of ether oxygens (including phenoxy) is 2. The average molecular weight is 458 g/mol. The van der Waals surface area contributed by atoms with Crippen molar-refractivity contribution < 1.29 is 23.9 Å². The van der Waals surface area contributed by atoms with Gasteiger partial charge in [-0.3, -0.25) is 9.69 Å². The molecule has 3 N–H and O–H groups in total. The number of carbonyl (C=O) groups excluding carboxylic acids is 3. The fourth-order valence-corrected chi connectivity index (χ4v) is 4.39. The smallest absolute Gasteiger partial charge is 0.355 e. The van der Waals surface area contributed by atoms with Crippen molar-refractivity contribution in [2.24, 2.45) is 5.73 Å². The van der Waals surface area contributed by atoms with Crippen molar-refractivity contribution in [1.29, 1.82) is 5.26 Å². The van der Waals surface area contributed by atoms with Crippen LogP contribution in [0.4, 0.5) is 5.69 Å². The molecule has 0 spiro atoms. The highest BCUT2D eigenvalue weighted by atomic mass is 16.5. The number of hydrogen-bond donors (Lipinski definition) is 2. The maximum Gasteiger partial charge on any atom is 0.355 e. The van der Waals surface area contributed by atoms with Gasteiger partial charge in [-0.1, -0.05) is 42.5 Å². The van der Waals surface area contributed by atoms with E-state index >= 15 is 0 Å². The molecule has 0 bridgehead atoms. The van der Waals surface area contributed by atoms with Crippen molar-refractivity contribution in [2.75, 3.05) is 19.1 Å². The van der Waals surface area contributed by atoms with Gasteiger partial charge in [0.15, 0.2) is 0 Å². The second-order valence-electron chi connectivity index (χ2n) is 7.70. The third-order valence-corrected chi connectivity index (χ3v) is 5.91. The Balaban J connectivity index is 2.06. The molecule has 0 radical (unpaired) electrons. The van der Waals surface area contributed by atoms with Gasteiger partial charge in [0.1, 0.15) is 11.5 Å². The zero-order valence-corrected chi connectivity index (χ0v) is 18.6. The first-order valence-electron chi connectivity index (χ1n) is 10.5. The van der Waals surface area contributed by atoms with Crippen LogP contribution in [0.3, 0.4) is 0 Å². The van der Waals surface area contributed by atoms with E-state index in [9.17, 15) is 19.6 Å². The lowest BCUT2D eigenvalue weighted by molar-refractivity contribution is -0.139. The van der Waals surface area contributed by atoms with Crippen molar-refractivity contribution >= 4 is 23.5 Å². The molecular weight excluding hydrogens is 436 g/mol. The number of methoxy groups -OCH3 is 2. The van der Waals surface area contributed by atoms with E-state index in [2.05, 4.69) is 11.4 Å². The first-order valence-corrected chi connectivity index (χ1v) is 10.5. The van der Waals surface area contributed by atoms with Crippen LogP contribution in [0.15, 0.2) is 71.2 Å². The topological polar surface area (TPSA) is 135 Å². The number of hydrogen-bond acceptors (Lipinski definition) is 8. The molecule has 34 heavy (non-hydrogen) atoms. The lowest BCUT2D eigenvalue weighted by Crippen LogP contribution is -2.42. The van der Waals surface area contributed by atoms with Gasteiger partial charge >= 0.3 is 11.9 Å². The van der Waals surface area contributed by atoms with E-state index in [1.54, 1.807) is 42.5 Å². The van der Waals surface area contributed by atoms with E-state index in [0.29, 0.717) is 16.8 Å². The summed E-state index contributed by atoms with van der Waals surface area (Å²) in [4.78, 5) is 39.6. The van der Waals surface area contributed by atoms with E-state index in [1.807, 2.05) is 6.07 Å². The van der Waals surface area contributed by atoms with Crippen molar-refractivity contribution in [2.45, 2.75) is 18.9 Å². The number of allylic oxidation sites excluding steroid dienone is 1. The molecule has 9 heteroatoms. The fourth-order valence-electron chi connectivity index (χ4n) is 4.39. The van der Waals surface area contributed by atoms with Crippen LogP contribution in [-0.2, 0) is 36.8 Å². The predicted molar refractivity (Wildman–Crippen MR) is 122 cm³/mol. The number of rotatable bonds is 4. The van der Waals surface area contributed by atoms with Crippen LogP contribution in [-0.4, -0.2) is 32.1 Å². The van der Waals surface area contributed by atoms with Gasteiger partial charge in [-0.15, -0.1) is 0 Å². The van der Waals surface area contributed by atoms with Crippen molar-refractivity contribution in [3.8, 4) is 6.07 Å². The molecule has 0 aromatic heterocycles. The Morgan fingerprint density at radius 1 is 1.09 bits per heavy atom. The van der Waals surface area contributed by atoms with E-state index in [-0.39, 0.29) is 41.5 Å². The van der Waals surface area contributed by atoms with Gasteiger partial charge in [-0.05, 0) is 22.8 Å². The zero-order valence-electron chi connectivity index (χ0n) is 18.6. The Hall–Kier alpha value is -4.58. The Kier molecular flexibility index (Phi) is 6.06. The van der Waals surface area contributed by atoms with Gasteiger partial charge in [0.2, 0.25) is 5.91 Å². The Morgan fingerprint density at radius 2 is 1.79 bits per heavy atom. The fraction of sp³-hybridized carbons (Fsp3) is 0.200. The molecule has 172 valence electrons. The Labute approximate surface area is 196 Å². The number of nitriles is 1. The highest BCUT2D eigenvalue weighted by Gasteiger charge is 2.43. The van der Waals surface area contributed by atoms with E-state index in [4.69, 9.17) is 15.2 Å². The minimum atomic E-state index is -0.941. The van der Waals surface area contributed by atoms with E-state index < -0.39 is 17.9 Å². The molecular formula is C25H22N4O5. The molecule has 1 atom stereocenters. The molecule has 0 aliphatic carbocycles. The maximum absolute atomic E-state index is 13.2. The van der Waals surface area contributed by atoms with Crippen molar-refractivity contribution in [1.82, 2.24) is 5.32 Å². The van der Waals surface area contributed by atoms with E-state index in [1.165, 1.54) is 19.1 Å². The monoisotopic (exact) mass is 458 g/mol. The summed E-state index contributed by atoms with van der Waals surface area (Å²) >= 11 is 0. The summed E-state index contributed by atoms with van der Waals surface area (Å²) in [6.45, 7) is 0.195. The standard InChI is InChI=1S/C25H22N4O5/c1-33-24(31)21-20(14-7-4-3-5-8-14)16(12-26)23(27)29(22(21)25(32)34-2)18-10-6-9-15-11-19(30)28-13-17(15)18/h3-10,20H,11,13,27H2,1-2H3,(H,28,30). The Bertz CT molecular complexity index is 1290. The molecule has 1 amide bonds. The van der Waals surface area contributed by atoms with Crippen LogP contribution >= 0.6 is 0 Å². The van der Waals surface area contributed by atoms with Gasteiger partial charge in [0.05, 0.1) is 49.5 Å². The first-order chi connectivity index (χ1) is 16.4. The average Bonchev–Trinajstić information content (AvgIpc) is 2.87. The molecule has 2 aromatic rings. The van der Waals surface area contributed by atoms with Crippen molar-refractivity contribution in [3.63, 3.8) is 0 Å². The third kappa shape index (κ3) is 3.65. The number of nitrogens with zero attached hydrogens (tertiary/aromatic N) is 2. The Morgan fingerprint density at radius 3 is 2.44 bits per heavy atom. The quantitative estimate of drug-likeness (QED) is 0.662. The molecule has 4 rings (SSSR count). The predicted octanol–water partition coefficient (Wildman–Crippen LogP) is 1.76. The zero-order chi connectivity index (χ0) is 24.4. The lowest BCUT2D eigenvalue weighted by atomic mass is 9.80. The van der Waals surface area contributed by atoms with Crippen LogP contribution in [0.5, 0.6) is 0 Å². The van der Waals surface area contributed by atoms with Gasteiger partial charge in [-0.25, -0.2) is 9.59 Å².